The largest absolute Gasteiger partial charge is 0.352 e. The fraction of sp³-hybridized carbons (Fsp3) is 0.571. The Morgan fingerprint density at radius 2 is 1.89 bits per heavy atom. The van der Waals surface area contributed by atoms with Gasteiger partial charge >= 0.3 is 0 Å². The van der Waals surface area contributed by atoms with Crippen LogP contribution in [0.1, 0.15) is 63.9 Å². The Morgan fingerprint density at radius 3 is 2.44 bits per heavy atom. The second-order valence-corrected chi connectivity index (χ2v) is 9.48. The molecule has 1 aromatic rings. The summed E-state index contributed by atoms with van der Waals surface area (Å²) in [6.45, 7) is 5.12. The molecule has 1 amide bonds. The number of nitrogens with zero attached hydrogens (tertiary/aromatic N) is 1. The van der Waals surface area contributed by atoms with E-state index >= 15 is 0 Å². The number of benzene rings is 1. The SMILES string of the molecule is CC(C)c1ccc(N(CCCC(=O)NCC2=CCCCC2)S(C)(=O)=O)cc1. The standard InChI is InChI=1S/C21H32N2O3S/c1-17(2)19-11-13-20(14-12-19)23(27(3,25)26)15-7-10-21(24)22-16-18-8-5-4-6-9-18/h8,11-14,17H,4-7,9-10,15-16H2,1-3H3,(H,22,24). The first-order valence-electron chi connectivity index (χ1n) is 9.79. The van der Waals surface area contributed by atoms with Gasteiger partial charge in [-0.25, -0.2) is 8.42 Å². The van der Waals surface area contributed by atoms with E-state index in [0.717, 1.165) is 12.8 Å². The lowest BCUT2D eigenvalue weighted by molar-refractivity contribution is -0.120. The molecule has 1 aliphatic rings. The molecule has 1 aromatic carbocycles. The maximum absolute atomic E-state index is 12.2. The van der Waals surface area contributed by atoms with E-state index in [-0.39, 0.29) is 5.91 Å². The summed E-state index contributed by atoms with van der Waals surface area (Å²) in [5, 5.41) is 2.95. The first kappa shape index (κ1) is 21.5. The minimum absolute atomic E-state index is 0.0231. The average molecular weight is 393 g/mol. The van der Waals surface area contributed by atoms with Crippen molar-refractivity contribution in [2.24, 2.45) is 0 Å². The number of anilines is 1. The van der Waals surface area contributed by atoms with Crippen LogP contribution in [0.25, 0.3) is 0 Å². The van der Waals surface area contributed by atoms with Crippen molar-refractivity contribution in [3.8, 4) is 0 Å². The summed E-state index contributed by atoms with van der Waals surface area (Å²) in [4.78, 5) is 12.1. The summed E-state index contributed by atoms with van der Waals surface area (Å²) in [5.41, 5.74) is 3.12. The van der Waals surface area contributed by atoms with Crippen molar-refractivity contribution in [2.75, 3.05) is 23.7 Å². The van der Waals surface area contributed by atoms with Crippen molar-refractivity contribution < 1.29 is 13.2 Å². The number of rotatable bonds is 9. The van der Waals surface area contributed by atoms with Crippen molar-refractivity contribution in [3.05, 3.63) is 41.5 Å². The average Bonchev–Trinajstić information content (AvgIpc) is 2.63. The smallest absolute Gasteiger partial charge is 0.232 e. The van der Waals surface area contributed by atoms with E-state index in [1.807, 2.05) is 24.3 Å². The monoisotopic (exact) mass is 392 g/mol. The van der Waals surface area contributed by atoms with Crippen LogP contribution in [0.2, 0.25) is 0 Å². The molecule has 0 aliphatic heterocycles. The fourth-order valence-electron chi connectivity index (χ4n) is 3.26. The normalized spacial score (nSPS) is 14.7. The van der Waals surface area contributed by atoms with E-state index in [0.29, 0.717) is 37.5 Å². The van der Waals surface area contributed by atoms with Gasteiger partial charge < -0.3 is 5.32 Å². The zero-order valence-electron chi connectivity index (χ0n) is 16.7. The van der Waals surface area contributed by atoms with Crippen LogP contribution in [0.15, 0.2) is 35.9 Å². The molecule has 0 spiro atoms. The number of carbonyl (C=O) groups excluding carboxylic acids is 1. The van der Waals surface area contributed by atoms with Crippen molar-refractivity contribution >= 4 is 21.6 Å². The van der Waals surface area contributed by atoms with Crippen LogP contribution in [0.3, 0.4) is 0 Å². The molecule has 0 radical (unpaired) electrons. The molecule has 0 atom stereocenters. The number of hydrogen-bond donors (Lipinski definition) is 1. The molecule has 5 nitrogen and oxygen atoms in total. The maximum atomic E-state index is 12.2. The lowest BCUT2D eigenvalue weighted by atomic mass is 10.00. The quantitative estimate of drug-likeness (QED) is 0.647. The van der Waals surface area contributed by atoms with Gasteiger partial charge in [-0.15, -0.1) is 0 Å². The predicted molar refractivity (Wildman–Crippen MR) is 112 cm³/mol. The molecular formula is C21H32N2O3S. The van der Waals surface area contributed by atoms with Gasteiger partial charge in [0.2, 0.25) is 15.9 Å². The maximum Gasteiger partial charge on any atom is 0.232 e. The highest BCUT2D eigenvalue weighted by atomic mass is 32.2. The minimum Gasteiger partial charge on any atom is -0.352 e. The van der Waals surface area contributed by atoms with Gasteiger partial charge in [0.05, 0.1) is 11.9 Å². The van der Waals surface area contributed by atoms with Gasteiger partial charge in [0.15, 0.2) is 0 Å². The Kier molecular flexibility index (Phi) is 7.90. The summed E-state index contributed by atoms with van der Waals surface area (Å²) >= 11 is 0. The summed E-state index contributed by atoms with van der Waals surface area (Å²) < 4.78 is 25.7. The van der Waals surface area contributed by atoms with Gasteiger partial charge in [-0.1, -0.05) is 37.6 Å². The lowest BCUT2D eigenvalue weighted by Gasteiger charge is -2.23. The highest BCUT2D eigenvalue weighted by Gasteiger charge is 2.18. The molecule has 0 bridgehead atoms. The molecule has 0 aromatic heterocycles. The number of nitrogens with one attached hydrogen (secondary N) is 1. The number of sulfonamides is 1. The third-order valence-corrected chi connectivity index (χ3v) is 6.10. The van der Waals surface area contributed by atoms with Gasteiger partial charge in [0.25, 0.3) is 0 Å². The van der Waals surface area contributed by atoms with Crippen LogP contribution in [0.5, 0.6) is 0 Å². The second kappa shape index (κ2) is 9.93. The van der Waals surface area contributed by atoms with Gasteiger partial charge in [0, 0.05) is 19.5 Å². The van der Waals surface area contributed by atoms with Crippen molar-refractivity contribution in [3.63, 3.8) is 0 Å². The Morgan fingerprint density at radius 1 is 1.19 bits per heavy atom. The van der Waals surface area contributed by atoms with Gasteiger partial charge in [-0.2, -0.15) is 0 Å². The molecular weight excluding hydrogens is 360 g/mol. The zero-order valence-corrected chi connectivity index (χ0v) is 17.5. The molecule has 0 heterocycles. The van der Waals surface area contributed by atoms with E-state index < -0.39 is 10.0 Å². The first-order valence-corrected chi connectivity index (χ1v) is 11.6. The summed E-state index contributed by atoms with van der Waals surface area (Å²) in [5.74, 6) is 0.374. The van der Waals surface area contributed by atoms with Gasteiger partial charge in [0.1, 0.15) is 0 Å². The Labute approximate surface area is 163 Å². The highest BCUT2D eigenvalue weighted by Crippen LogP contribution is 2.22. The second-order valence-electron chi connectivity index (χ2n) is 7.57. The van der Waals surface area contributed by atoms with Crippen molar-refractivity contribution in [1.82, 2.24) is 5.32 Å². The molecule has 1 aliphatic carbocycles. The molecule has 0 fully saturated rings. The number of hydrogen-bond acceptors (Lipinski definition) is 3. The number of carbonyl (C=O) groups is 1. The summed E-state index contributed by atoms with van der Waals surface area (Å²) in [6, 6.07) is 7.60. The van der Waals surface area contributed by atoms with E-state index in [1.54, 1.807) is 0 Å². The topological polar surface area (TPSA) is 66.5 Å². The van der Waals surface area contributed by atoms with E-state index in [2.05, 4.69) is 25.2 Å². The molecule has 2 rings (SSSR count). The van der Waals surface area contributed by atoms with Crippen LogP contribution in [0.4, 0.5) is 5.69 Å². The van der Waals surface area contributed by atoms with Crippen molar-refractivity contribution in [2.45, 2.75) is 58.3 Å². The van der Waals surface area contributed by atoms with E-state index in [9.17, 15) is 13.2 Å². The molecule has 1 N–H and O–H groups in total. The van der Waals surface area contributed by atoms with Crippen molar-refractivity contribution in [1.29, 1.82) is 0 Å². The van der Waals surface area contributed by atoms with Crippen LogP contribution in [-0.4, -0.2) is 33.7 Å². The Hall–Kier alpha value is -1.82. The van der Waals surface area contributed by atoms with Crippen LogP contribution < -0.4 is 9.62 Å². The molecule has 6 heteroatoms. The summed E-state index contributed by atoms with van der Waals surface area (Å²) in [6.07, 6.45) is 8.83. The molecule has 0 unspecified atom stereocenters. The van der Waals surface area contributed by atoms with Crippen LogP contribution >= 0.6 is 0 Å². The van der Waals surface area contributed by atoms with Gasteiger partial charge in [-0.05, 0) is 55.7 Å². The number of amides is 1. The Bertz CT molecular complexity index is 752. The minimum atomic E-state index is -3.39. The van der Waals surface area contributed by atoms with E-state index in [1.165, 1.54) is 34.5 Å². The fourth-order valence-corrected chi connectivity index (χ4v) is 4.23. The van der Waals surface area contributed by atoms with Crippen LogP contribution in [0, 0.1) is 0 Å². The molecule has 27 heavy (non-hydrogen) atoms. The molecule has 0 saturated heterocycles. The molecule has 150 valence electrons. The van der Waals surface area contributed by atoms with E-state index in [4.69, 9.17) is 0 Å². The highest BCUT2D eigenvalue weighted by molar-refractivity contribution is 7.92. The number of allylic oxidation sites excluding steroid dienone is 1. The third-order valence-electron chi connectivity index (χ3n) is 4.91. The summed E-state index contributed by atoms with van der Waals surface area (Å²) in [7, 11) is -3.39. The third kappa shape index (κ3) is 7.01. The lowest BCUT2D eigenvalue weighted by Crippen LogP contribution is -2.32. The molecule has 0 saturated carbocycles. The first-order chi connectivity index (χ1) is 12.8. The predicted octanol–water partition coefficient (Wildman–Crippen LogP) is 3.97. The zero-order chi connectivity index (χ0) is 19.9. The Balaban J connectivity index is 1.87. The van der Waals surface area contributed by atoms with Gasteiger partial charge in [-0.3, -0.25) is 9.10 Å². The van der Waals surface area contributed by atoms with Crippen LogP contribution in [-0.2, 0) is 14.8 Å².